The van der Waals surface area contributed by atoms with Crippen molar-refractivity contribution in [1.29, 1.82) is 0 Å². The van der Waals surface area contributed by atoms with Crippen LogP contribution in [0.4, 0.5) is 8.78 Å². The molecule has 0 aliphatic carbocycles. The fraction of sp³-hybridized carbons (Fsp3) is 0.611. The molecule has 0 spiro atoms. The fourth-order valence-corrected chi connectivity index (χ4v) is 2.21. The van der Waals surface area contributed by atoms with E-state index in [-0.39, 0.29) is 10.5 Å². The third kappa shape index (κ3) is 8.12. The minimum absolute atomic E-state index is 0.0290. The van der Waals surface area contributed by atoms with Crippen molar-refractivity contribution in [1.82, 2.24) is 10.6 Å². The van der Waals surface area contributed by atoms with Crippen molar-refractivity contribution in [2.24, 2.45) is 4.99 Å². The standard InChI is InChI=1S/C18H29F2N3O2S/c1-6-21-17(23-12-18(3,4)26-5)22-11-13-8-9-14(25-16(19)20)15(10-13)24-7-2/h8-10,16H,6-7,11-12H2,1-5H3,(H2,21,22,23). The van der Waals surface area contributed by atoms with Crippen LogP contribution in [-0.2, 0) is 6.54 Å². The van der Waals surface area contributed by atoms with Crippen LogP contribution >= 0.6 is 11.8 Å². The molecule has 0 atom stereocenters. The summed E-state index contributed by atoms with van der Waals surface area (Å²) in [5.74, 6) is 1.03. The van der Waals surface area contributed by atoms with E-state index in [2.05, 4.69) is 40.5 Å². The number of hydrogen-bond donors (Lipinski definition) is 2. The molecule has 0 aliphatic rings. The van der Waals surface area contributed by atoms with Crippen LogP contribution in [0.5, 0.6) is 11.5 Å². The Balaban J connectivity index is 2.85. The first-order valence-electron chi connectivity index (χ1n) is 8.59. The van der Waals surface area contributed by atoms with Crippen molar-refractivity contribution in [2.75, 3.05) is 26.0 Å². The largest absolute Gasteiger partial charge is 0.490 e. The predicted octanol–water partition coefficient (Wildman–Crippen LogP) is 3.88. The van der Waals surface area contributed by atoms with Crippen LogP contribution in [0.2, 0.25) is 0 Å². The first-order valence-corrected chi connectivity index (χ1v) is 9.81. The number of nitrogens with one attached hydrogen (secondary N) is 2. The van der Waals surface area contributed by atoms with E-state index in [1.807, 2.05) is 6.92 Å². The van der Waals surface area contributed by atoms with Gasteiger partial charge in [-0.15, -0.1) is 0 Å². The van der Waals surface area contributed by atoms with Crippen molar-refractivity contribution < 1.29 is 18.3 Å². The molecule has 0 unspecified atom stereocenters. The zero-order valence-corrected chi connectivity index (χ0v) is 16.9. The van der Waals surface area contributed by atoms with E-state index < -0.39 is 6.61 Å². The predicted molar refractivity (Wildman–Crippen MR) is 105 cm³/mol. The van der Waals surface area contributed by atoms with Gasteiger partial charge in [-0.05, 0) is 51.6 Å². The minimum Gasteiger partial charge on any atom is -0.490 e. The van der Waals surface area contributed by atoms with Crippen molar-refractivity contribution in [3.63, 3.8) is 0 Å². The Kier molecular flexibility index (Phi) is 9.54. The summed E-state index contributed by atoms with van der Waals surface area (Å²) in [5.41, 5.74) is 0.844. The molecule has 0 amide bonds. The molecule has 1 aromatic rings. The van der Waals surface area contributed by atoms with Crippen molar-refractivity contribution in [3.8, 4) is 11.5 Å². The van der Waals surface area contributed by atoms with Crippen LogP contribution in [0, 0.1) is 0 Å². The molecule has 0 heterocycles. The zero-order valence-electron chi connectivity index (χ0n) is 16.1. The maximum Gasteiger partial charge on any atom is 0.387 e. The average Bonchev–Trinajstić information content (AvgIpc) is 2.59. The Hall–Kier alpha value is -1.70. The van der Waals surface area contributed by atoms with Gasteiger partial charge in [-0.1, -0.05) is 6.07 Å². The third-order valence-electron chi connectivity index (χ3n) is 3.52. The average molecular weight is 390 g/mol. The molecule has 1 rings (SSSR count). The highest BCUT2D eigenvalue weighted by atomic mass is 32.2. The third-order valence-corrected chi connectivity index (χ3v) is 4.77. The van der Waals surface area contributed by atoms with E-state index >= 15 is 0 Å². The summed E-state index contributed by atoms with van der Waals surface area (Å²) in [6, 6.07) is 4.87. The molecule has 0 saturated heterocycles. The van der Waals surface area contributed by atoms with Crippen LogP contribution in [0.15, 0.2) is 23.2 Å². The van der Waals surface area contributed by atoms with Gasteiger partial charge in [-0.2, -0.15) is 20.5 Å². The normalized spacial score (nSPS) is 12.2. The number of halogens is 2. The fourth-order valence-electron chi connectivity index (χ4n) is 1.99. The van der Waals surface area contributed by atoms with E-state index in [1.54, 1.807) is 30.8 Å². The van der Waals surface area contributed by atoms with E-state index in [9.17, 15) is 8.78 Å². The molecule has 148 valence electrons. The van der Waals surface area contributed by atoms with E-state index in [1.165, 1.54) is 6.07 Å². The lowest BCUT2D eigenvalue weighted by atomic mass is 10.2. The molecule has 0 fully saturated rings. The van der Waals surface area contributed by atoms with Crippen molar-refractivity contribution in [3.05, 3.63) is 23.8 Å². The lowest BCUT2D eigenvalue weighted by Gasteiger charge is -2.23. The first kappa shape index (κ1) is 22.3. The van der Waals surface area contributed by atoms with Crippen LogP contribution in [-0.4, -0.2) is 43.3 Å². The SMILES string of the molecule is CCNC(=NCc1ccc(OC(F)F)c(OCC)c1)NCC(C)(C)SC. The number of nitrogens with zero attached hydrogens (tertiary/aromatic N) is 1. The molecule has 0 saturated carbocycles. The van der Waals surface area contributed by atoms with Gasteiger partial charge in [0.1, 0.15) is 0 Å². The Morgan fingerprint density at radius 3 is 2.54 bits per heavy atom. The maximum absolute atomic E-state index is 12.5. The maximum atomic E-state index is 12.5. The van der Waals surface area contributed by atoms with Gasteiger partial charge in [0, 0.05) is 17.8 Å². The van der Waals surface area contributed by atoms with Gasteiger partial charge in [0.15, 0.2) is 17.5 Å². The van der Waals surface area contributed by atoms with E-state index in [0.29, 0.717) is 24.9 Å². The van der Waals surface area contributed by atoms with Gasteiger partial charge in [-0.3, -0.25) is 0 Å². The summed E-state index contributed by atoms with van der Waals surface area (Å²) in [4.78, 5) is 4.55. The van der Waals surface area contributed by atoms with Gasteiger partial charge < -0.3 is 20.1 Å². The van der Waals surface area contributed by atoms with Gasteiger partial charge in [0.05, 0.1) is 13.2 Å². The zero-order chi connectivity index (χ0) is 19.6. The Bertz CT molecular complexity index is 584. The number of rotatable bonds is 10. The number of guanidine groups is 1. The highest BCUT2D eigenvalue weighted by molar-refractivity contribution is 7.99. The molecule has 26 heavy (non-hydrogen) atoms. The molecule has 0 aromatic heterocycles. The Labute approximate surface area is 158 Å². The number of benzene rings is 1. The number of aliphatic imine (C=N–C) groups is 1. The quantitative estimate of drug-likeness (QED) is 0.470. The van der Waals surface area contributed by atoms with E-state index in [4.69, 9.17) is 4.74 Å². The second-order valence-electron chi connectivity index (χ2n) is 6.11. The monoisotopic (exact) mass is 389 g/mol. The summed E-state index contributed by atoms with van der Waals surface area (Å²) >= 11 is 1.78. The Morgan fingerprint density at radius 2 is 1.96 bits per heavy atom. The van der Waals surface area contributed by atoms with Gasteiger partial charge in [0.2, 0.25) is 0 Å². The van der Waals surface area contributed by atoms with Crippen LogP contribution in [0.1, 0.15) is 33.3 Å². The molecule has 0 radical (unpaired) electrons. The highest BCUT2D eigenvalue weighted by Crippen LogP contribution is 2.30. The van der Waals surface area contributed by atoms with Crippen molar-refractivity contribution in [2.45, 2.75) is 45.6 Å². The number of alkyl halides is 2. The molecule has 0 aliphatic heterocycles. The second kappa shape index (κ2) is 11.1. The summed E-state index contributed by atoms with van der Waals surface area (Å²) in [7, 11) is 0. The number of thioether (sulfide) groups is 1. The molecule has 5 nitrogen and oxygen atoms in total. The summed E-state index contributed by atoms with van der Waals surface area (Å²) in [6.45, 7) is 7.49. The van der Waals surface area contributed by atoms with Crippen LogP contribution in [0.25, 0.3) is 0 Å². The lowest BCUT2D eigenvalue weighted by Crippen LogP contribution is -2.43. The Morgan fingerprint density at radius 1 is 1.23 bits per heavy atom. The van der Waals surface area contributed by atoms with Crippen LogP contribution < -0.4 is 20.1 Å². The highest BCUT2D eigenvalue weighted by Gasteiger charge is 2.16. The summed E-state index contributed by atoms with van der Waals surface area (Å²) in [6.07, 6.45) is 2.07. The molecular formula is C18H29F2N3O2S. The minimum atomic E-state index is -2.89. The van der Waals surface area contributed by atoms with Crippen LogP contribution in [0.3, 0.4) is 0 Å². The molecule has 0 bridgehead atoms. The van der Waals surface area contributed by atoms with Crippen molar-refractivity contribution >= 4 is 17.7 Å². The smallest absolute Gasteiger partial charge is 0.387 e. The summed E-state index contributed by atoms with van der Waals surface area (Å²) in [5, 5.41) is 6.52. The molecule has 1 aromatic carbocycles. The molecular weight excluding hydrogens is 360 g/mol. The van der Waals surface area contributed by atoms with E-state index in [0.717, 1.165) is 18.7 Å². The van der Waals surface area contributed by atoms with Gasteiger partial charge in [-0.25, -0.2) is 4.99 Å². The molecule has 2 N–H and O–H groups in total. The second-order valence-corrected chi connectivity index (χ2v) is 7.62. The lowest BCUT2D eigenvalue weighted by molar-refractivity contribution is -0.0514. The number of hydrogen-bond acceptors (Lipinski definition) is 4. The number of ether oxygens (including phenoxy) is 2. The van der Waals surface area contributed by atoms with Gasteiger partial charge in [0.25, 0.3) is 0 Å². The first-order chi connectivity index (χ1) is 12.3. The summed E-state index contributed by atoms with van der Waals surface area (Å²) < 4.78 is 34.9. The van der Waals surface area contributed by atoms with Gasteiger partial charge >= 0.3 is 6.61 Å². The molecule has 8 heteroatoms. The topological polar surface area (TPSA) is 54.9 Å².